The Morgan fingerprint density at radius 2 is 1.96 bits per heavy atom. The molecule has 1 aliphatic rings. The summed E-state index contributed by atoms with van der Waals surface area (Å²) in [5.74, 6) is 0. The molecule has 6 heteroatoms. The van der Waals surface area contributed by atoms with Gasteiger partial charge in [0.25, 0.3) is 0 Å². The van der Waals surface area contributed by atoms with E-state index in [1.54, 1.807) is 17.4 Å². The number of sulfonamides is 1. The largest absolute Gasteiger partial charge is 0.295 e. The molecule has 3 rings (SSSR count). The first-order chi connectivity index (χ1) is 11.5. The second kappa shape index (κ2) is 7.35. The van der Waals surface area contributed by atoms with Gasteiger partial charge in [-0.1, -0.05) is 12.1 Å². The summed E-state index contributed by atoms with van der Waals surface area (Å²) in [5.41, 5.74) is 2.93. The van der Waals surface area contributed by atoms with Crippen molar-refractivity contribution in [2.45, 2.75) is 37.6 Å². The molecule has 1 unspecified atom stereocenters. The van der Waals surface area contributed by atoms with E-state index < -0.39 is 10.0 Å². The Hall–Kier alpha value is -1.21. The van der Waals surface area contributed by atoms with E-state index in [4.69, 9.17) is 0 Å². The monoisotopic (exact) mass is 364 g/mol. The molecule has 0 aliphatic carbocycles. The first-order valence-electron chi connectivity index (χ1n) is 8.30. The van der Waals surface area contributed by atoms with Crippen molar-refractivity contribution in [3.63, 3.8) is 0 Å². The van der Waals surface area contributed by atoms with Gasteiger partial charge in [0.1, 0.15) is 0 Å². The zero-order chi connectivity index (χ0) is 17.2. The molecule has 4 nitrogen and oxygen atoms in total. The predicted molar refractivity (Wildman–Crippen MR) is 99.0 cm³/mol. The number of thiophene rings is 1. The highest BCUT2D eigenvalue weighted by atomic mass is 32.2. The van der Waals surface area contributed by atoms with Gasteiger partial charge < -0.3 is 0 Å². The molecule has 0 bridgehead atoms. The number of benzene rings is 1. The Morgan fingerprint density at radius 1 is 1.21 bits per heavy atom. The summed E-state index contributed by atoms with van der Waals surface area (Å²) >= 11 is 1.66. The highest BCUT2D eigenvalue weighted by Crippen LogP contribution is 2.27. The van der Waals surface area contributed by atoms with Crippen molar-refractivity contribution in [1.82, 2.24) is 9.62 Å². The third-order valence-corrected chi connectivity index (χ3v) is 6.88. The second-order valence-electron chi connectivity index (χ2n) is 6.44. The summed E-state index contributed by atoms with van der Waals surface area (Å²) in [6.07, 6.45) is 2.37. The molecule has 1 aromatic carbocycles. The zero-order valence-corrected chi connectivity index (χ0v) is 15.8. The molecule has 2 heterocycles. The van der Waals surface area contributed by atoms with Crippen molar-refractivity contribution in [3.05, 3.63) is 51.7 Å². The van der Waals surface area contributed by atoms with Gasteiger partial charge in [0.2, 0.25) is 10.0 Å². The van der Waals surface area contributed by atoms with Gasteiger partial charge >= 0.3 is 0 Å². The number of nitrogens with one attached hydrogen (secondary N) is 1. The van der Waals surface area contributed by atoms with E-state index in [1.807, 2.05) is 26.0 Å². The molecular weight excluding hydrogens is 340 g/mol. The van der Waals surface area contributed by atoms with Gasteiger partial charge in [0, 0.05) is 12.6 Å². The lowest BCUT2D eigenvalue weighted by Crippen LogP contribution is -2.36. The Kier molecular flexibility index (Phi) is 5.39. The number of aryl methyl sites for hydroxylation is 2. The first kappa shape index (κ1) is 17.6. The summed E-state index contributed by atoms with van der Waals surface area (Å²) in [7, 11) is -3.50. The summed E-state index contributed by atoms with van der Waals surface area (Å²) in [6, 6.07) is 7.75. The zero-order valence-electron chi connectivity index (χ0n) is 14.2. The van der Waals surface area contributed by atoms with Crippen molar-refractivity contribution in [2.24, 2.45) is 0 Å². The lowest BCUT2D eigenvalue weighted by molar-refractivity contribution is 0.247. The van der Waals surface area contributed by atoms with Crippen LogP contribution in [0.25, 0.3) is 0 Å². The summed E-state index contributed by atoms with van der Waals surface area (Å²) in [6.45, 7) is 6.23. The van der Waals surface area contributed by atoms with Gasteiger partial charge in [-0.05, 0) is 79.4 Å². The van der Waals surface area contributed by atoms with Crippen LogP contribution in [0.3, 0.4) is 0 Å². The first-order valence-corrected chi connectivity index (χ1v) is 10.7. The van der Waals surface area contributed by atoms with Crippen LogP contribution in [0.1, 0.15) is 35.6 Å². The van der Waals surface area contributed by atoms with Crippen molar-refractivity contribution in [2.75, 3.05) is 19.6 Å². The van der Waals surface area contributed by atoms with E-state index in [9.17, 15) is 8.42 Å². The maximum Gasteiger partial charge on any atom is 0.240 e. The molecule has 0 saturated carbocycles. The van der Waals surface area contributed by atoms with Crippen LogP contribution in [0.15, 0.2) is 39.9 Å². The molecular formula is C18H24N2O2S2. The average Bonchev–Trinajstić information content (AvgIpc) is 3.23. The average molecular weight is 365 g/mol. The van der Waals surface area contributed by atoms with Crippen LogP contribution in [-0.2, 0) is 10.0 Å². The van der Waals surface area contributed by atoms with Gasteiger partial charge in [-0.3, -0.25) is 4.90 Å². The fourth-order valence-corrected chi connectivity index (χ4v) is 5.31. The molecule has 1 atom stereocenters. The molecule has 24 heavy (non-hydrogen) atoms. The second-order valence-corrected chi connectivity index (χ2v) is 8.95. The predicted octanol–water partition coefficient (Wildman–Crippen LogP) is 3.48. The van der Waals surface area contributed by atoms with Crippen LogP contribution >= 0.6 is 11.3 Å². The lowest BCUT2D eigenvalue weighted by atomic mass is 10.1. The van der Waals surface area contributed by atoms with Gasteiger partial charge in [0.05, 0.1) is 4.90 Å². The molecule has 0 amide bonds. The van der Waals surface area contributed by atoms with Crippen LogP contribution in [0.2, 0.25) is 0 Å². The maximum atomic E-state index is 12.8. The van der Waals surface area contributed by atoms with Crippen LogP contribution in [0.5, 0.6) is 0 Å². The number of hydrogen-bond donors (Lipinski definition) is 1. The van der Waals surface area contributed by atoms with Gasteiger partial charge in [-0.25, -0.2) is 13.1 Å². The standard InChI is InChI=1S/C18H24N2O2S2/c1-14-5-6-15(2)18(11-14)24(21,22)19-12-17(16-7-10-23-13-16)20-8-3-4-9-20/h5-7,10-11,13,17,19H,3-4,8-9,12H2,1-2H3. The van der Waals surface area contributed by atoms with Crippen molar-refractivity contribution < 1.29 is 8.42 Å². The number of hydrogen-bond acceptors (Lipinski definition) is 4. The highest BCUT2D eigenvalue weighted by Gasteiger charge is 2.26. The summed E-state index contributed by atoms with van der Waals surface area (Å²) < 4.78 is 28.4. The molecule has 1 saturated heterocycles. The minimum Gasteiger partial charge on any atom is -0.295 e. The third kappa shape index (κ3) is 3.88. The van der Waals surface area contributed by atoms with E-state index >= 15 is 0 Å². The number of likely N-dealkylation sites (tertiary alicyclic amines) is 1. The third-order valence-electron chi connectivity index (χ3n) is 4.61. The summed E-state index contributed by atoms with van der Waals surface area (Å²) in [5, 5.41) is 4.17. The van der Waals surface area contributed by atoms with Crippen LogP contribution in [-0.4, -0.2) is 33.0 Å². The molecule has 1 aliphatic heterocycles. The fraction of sp³-hybridized carbons (Fsp3) is 0.444. The van der Waals surface area contributed by atoms with Crippen LogP contribution in [0, 0.1) is 13.8 Å². The van der Waals surface area contributed by atoms with E-state index in [0.717, 1.165) is 24.2 Å². The Bertz CT molecular complexity index is 779. The van der Waals surface area contributed by atoms with E-state index in [2.05, 4.69) is 26.4 Å². The van der Waals surface area contributed by atoms with Crippen molar-refractivity contribution in [1.29, 1.82) is 0 Å². The number of nitrogens with zero attached hydrogens (tertiary/aromatic N) is 1. The molecule has 1 fully saturated rings. The van der Waals surface area contributed by atoms with Gasteiger partial charge in [-0.2, -0.15) is 11.3 Å². The van der Waals surface area contributed by atoms with Crippen LogP contribution < -0.4 is 4.72 Å². The smallest absolute Gasteiger partial charge is 0.240 e. The van der Waals surface area contributed by atoms with Gasteiger partial charge in [0.15, 0.2) is 0 Å². The Balaban J connectivity index is 1.79. The maximum absolute atomic E-state index is 12.8. The Labute approximate surface area is 148 Å². The summed E-state index contributed by atoms with van der Waals surface area (Å²) in [4.78, 5) is 2.77. The van der Waals surface area contributed by atoms with E-state index in [1.165, 1.54) is 18.4 Å². The minimum absolute atomic E-state index is 0.110. The van der Waals surface area contributed by atoms with Gasteiger partial charge in [-0.15, -0.1) is 0 Å². The lowest BCUT2D eigenvalue weighted by Gasteiger charge is -2.27. The molecule has 1 N–H and O–H groups in total. The van der Waals surface area contributed by atoms with E-state index in [-0.39, 0.29) is 6.04 Å². The normalized spacial score (nSPS) is 17.2. The molecule has 2 aromatic rings. The SMILES string of the molecule is Cc1ccc(C)c(S(=O)(=O)NCC(c2ccsc2)N2CCCC2)c1. The quantitative estimate of drug-likeness (QED) is 0.854. The topological polar surface area (TPSA) is 49.4 Å². The molecule has 130 valence electrons. The highest BCUT2D eigenvalue weighted by molar-refractivity contribution is 7.89. The Morgan fingerprint density at radius 3 is 2.62 bits per heavy atom. The minimum atomic E-state index is -3.50. The van der Waals surface area contributed by atoms with E-state index in [0.29, 0.717) is 11.4 Å². The fourth-order valence-electron chi connectivity index (χ4n) is 3.24. The molecule has 0 spiro atoms. The van der Waals surface area contributed by atoms with Crippen molar-refractivity contribution in [3.8, 4) is 0 Å². The number of rotatable bonds is 6. The van der Waals surface area contributed by atoms with Crippen LogP contribution in [0.4, 0.5) is 0 Å². The molecule has 1 aromatic heterocycles. The van der Waals surface area contributed by atoms with Crippen molar-refractivity contribution >= 4 is 21.4 Å². The molecule has 0 radical (unpaired) electrons.